The molecule has 0 spiro atoms. The number of carbonyl (C=O) groups excluding carboxylic acids is 1. The molecule has 2 aliphatic heterocycles. The van der Waals surface area contributed by atoms with Gasteiger partial charge in [-0.15, -0.1) is 0 Å². The zero-order valence-corrected chi connectivity index (χ0v) is 18.4. The molecule has 0 saturated carbocycles. The Morgan fingerprint density at radius 3 is 2.78 bits per heavy atom. The Labute approximate surface area is 180 Å². The number of halogens is 2. The van der Waals surface area contributed by atoms with E-state index in [2.05, 4.69) is 9.72 Å². The maximum Gasteiger partial charge on any atom is 0.475 e. The summed E-state index contributed by atoms with van der Waals surface area (Å²) in [6.45, 7) is 2.63. The minimum Gasteiger partial charge on any atom is -0.463 e. The van der Waals surface area contributed by atoms with Crippen molar-refractivity contribution in [2.45, 2.75) is 63.2 Å². The fourth-order valence-corrected chi connectivity index (χ4v) is 4.87. The molecule has 0 aromatic carbocycles. The molecule has 1 aromatic rings. The molecule has 2 fully saturated rings. The molecular weight excluding hydrogens is 459 g/mol. The molecule has 0 radical (unpaired) electrons. The van der Waals surface area contributed by atoms with Crippen LogP contribution in [0.1, 0.15) is 33.4 Å². The predicted octanol–water partition coefficient (Wildman–Crippen LogP) is 0.669. The van der Waals surface area contributed by atoms with Crippen molar-refractivity contribution in [1.82, 2.24) is 9.55 Å². The molecule has 15 heteroatoms. The predicted molar refractivity (Wildman–Crippen MR) is 103 cm³/mol. The minimum absolute atomic E-state index is 0.385. The molecule has 3 heterocycles. The van der Waals surface area contributed by atoms with Gasteiger partial charge in [-0.2, -0.15) is 0 Å². The molecule has 2 saturated heterocycles. The van der Waals surface area contributed by atoms with Crippen LogP contribution >= 0.6 is 7.82 Å². The van der Waals surface area contributed by atoms with Gasteiger partial charge in [0, 0.05) is 12.3 Å². The summed E-state index contributed by atoms with van der Waals surface area (Å²) < 4.78 is 67.4. The zero-order valence-electron chi connectivity index (χ0n) is 17.5. The third-order valence-corrected chi connectivity index (χ3v) is 6.13. The van der Waals surface area contributed by atoms with E-state index < -0.39 is 74.1 Å². The van der Waals surface area contributed by atoms with Gasteiger partial charge in [-0.25, -0.2) is 18.1 Å². The van der Waals surface area contributed by atoms with Crippen LogP contribution < -0.4 is 17.0 Å². The summed E-state index contributed by atoms with van der Waals surface area (Å²) in [6.07, 6.45) is -3.91. The van der Waals surface area contributed by atoms with Gasteiger partial charge >= 0.3 is 19.5 Å². The highest BCUT2D eigenvalue weighted by molar-refractivity contribution is 7.48. The lowest BCUT2D eigenvalue weighted by Gasteiger charge is -2.36. The number of carbonyl (C=O) groups is 1. The van der Waals surface area contributed by atoms with Gasteiger partial charge in [-0.1, -0.05) is 0 Å². The van der Waals surface area contributed by atoms with E-state index in [9.17, 15) is 27.7 Å². The smallest absolute Gasteiger partial charge is 0.463 e. The summed E-state index contributed by atoms with van der Waals surface area (Å²) in [5.41, 5.74) is 3.37. The van der Waals surface area contributed by atoms with Crippen LogP contribution in [0.25, 0.3) is 0 Å². The average molecular weight is 483 g/mol. The van der Waals surface area contributed by atoms with E-state index in [-0.39, 0.29) is 6.61 Å². The number of aromatic nitrogens is 2. The second kappa shape index (κ2) is 8.76. The molecule has 0 bridgehead atoms. The van der Waals surface area contributed by atoms with E-state index >= 15 is 0 Å². The number of hydrogen-bond donors (Lipinski definition) is 2. The maximum atomic E-state index is 14.1. The Hall–Kier alpha value is -1.96. The third kappa shape index (κ3) is 5.33. The Bertz CT molecular complexity index is 1030. The van der Waals surface area contributed by atoms with Gasteiger partial charge in [-0.3, -0.25) is 32.7 Å². The lowest BCUT2D eigenvalue weighted by atomic mass is 9.93. The van der Waals surface area contributed by atoms with Crippen molar-refractivity contribution in [2.24, 2.45) is 5.73 Å². The number of phosphoric acid groups is 1. The molecule has 2 aliphatic rings. The average Bonchev–Trinajstić information content (AvgIpc) is 2.90. The monoisotopic (exact) mass is 483 g/mol. The first-order valence-corrected chi connectivity index (χ1v) is 11.1. The Kier molecular flexibility index (Phi) is 6.76. The molecule has 180 valence electrons. The lowest BCUT2D eigenvalue weighted by molar-refractivity contribution is -0.158. The third-order valence-electron chi connectivity index (χ3n) is 4.73. The SMILES string of the molecule is CC(C)OC(=O)CC(F)(F)CO[P@]1(=O)OC[C@H]2O[C@@H](n3ccc(=O)[nH]c3=O)[C@](C)(N)[C@@H]2O1. The quantitative estimate of drug-likeness (QED) is 0.416. The van der Waals surface area contributed by atoms with Gasteiger partial charge < -0.3 is 15.2 Å². The highest BCUT2D eigenvalue weighted by Gasteiger charge is 2.59. The Balaban J connectivity index is 1.69. The van der Waals surface area contributed by atoms with Gasteiger partial charge in [0.05, 0.1) is 18.2 Å². The number of H-pyrrole nitrogens is 1. The van der Waals surface area contributed by atoms with E-state index in [1.165, 1.54) is 27.0 Å². The first-order valence-electron chi connectivity index (χ1n) is 9.63. The number of alkyl halides is 2. The van der Waals surface area contributed by atoms with E-state index in [0.29, 0.717) is 0 Å². The van der Waals surface area contributed by atoms with Crippen molar-refractivity contribution >= 4 is 13.8 Å². The van der Waals surface area contributed by atoms with Crippen molar-refractivity contribution in [3.05, 3.63) is 33.1 Å². The molecule has 3 N–H and O–H groups in total. The van der Waals surface area contributed by atoms with Crippen molar-refractivity contribution in [1.29, 1.82) is 0 Å². The Morgan fingerprint density at radius 1 is 1.47 bits per heavy atom. The molecule has 1 aromatic heterocycles. The number of nitrogens with two attached hydrogens (primary N) is 1. The highest BCUT2D eigenvalue weighted by atomic mass is 31.2. The van der Waals surface area contributed by atoms with Crippen molar-refractivity contribution < 1.29 is 41.2 Å². The molecular formula is C17H24F2N3O9P. The topological polar surface area (TPSA) is 161 Å². The van der Waals surface area contributed by atoms with Gasteiger partial charge in [0.15, 0.2) is 6.23 Å². The largest absolute Gasteiger partial charge is 0.475 e. The first kappa shape index (κ1) is 24.7. The number of nitrogens with one attached hydrogen (secondary N) is 1. The molecule has 0 unspecified atom stereocenters. The molecule has 12 nitrogen and oxygen atoms in total. The van der Waals surface area contributed by atoms with E-state index in [4.69, 9.17) is 24.0 Å². The summed E-state index contributed by atoms with van der Waals surface area (Å²) in [5.74, 6) is -4.85. The second-order valence-corrected chi connectivity index (χ2v) is 9.65. The number of nitrogens with zero attached hydrogens (tertiary/aromatic N) is 1. The summed E-state index contributed by atoms with van der Waals surface area (Å²) in [5, 5.41) is 0. The van der Waals surface area contributed by atoms with Crippen LogP contribution in [0.5, 0.6) is 0 Å². The van der Waals surface area contributed by atoms with E-state index in [1.807, 2.05) is 0 Å². The molecule has 32 heavy (non-hydrogen) atoms. The van der Waals surface area contributed by atoms with Crippen molar-refractivity contribution in [3.63, 3.8) is 0 Å². The van der Waals surface area contributed by atoms with Crippen LogP contribution in [0.3, 0.4) is 0 Å². The van der Waals surface area contributed by atoms with Gasteiger partial charge in [0.2, 0.25) is 0 Å². The summed E-state index contributed by atoms with van der Waals surface area (Å²) in [6, 6.07) is 1.08. The van der Waals surface area contributed by atoms with Gasteiger partial charge in [-0.05, 0) is 20.8 Å². The normalized spacial score (nSPS) is 32.7. The zero-order chi connectivity index (χ0) is 23.9. The lowest BCUT2D eigenvalue weighted by Crippen LogP contribution is -2.55. The number of hydrogen-bond acceptors (Lipinski definition) is 10. The van der Waals surface area contributed by atoms with E-state index in [1.54, 1.807) is 0 Å². The number of fused-ring (bicyclic) bond motifs is 1. The van der Waals surface area contributed by atoms with Crippen LogP contribution in [-0.4, -0.2) is 58.5 Å². The minimum atomic E-state index is -4.51. The molecule has 3 rings (SSSR count). The van der Waals surface area contributed by atoms with Gasteiger partial charge in [0.1, 0.15) is 25.2 Å². The van der Waals surface area contributed by atoms with Crippen LogP contribution in [0, 0.1) is 0 Å². The van der Waals surface area contributed by atoms with Crippen molar-refractivity contribution in [3.8, 4) is 0 Å². The van der Waals surface area contributed by atoms with Crippen LogP contribution in [0.4, 0.5) is 8.78 Å². The highest BCUT2D eigenvalue weighted by Crippen LogP contribution is 2.58. The van der Waals surface area contributed by atoms with Gasteiger partial charge in [0.25, 0.3) is 11.5 Å². The standard InChI is InChI=1S/C17H24F2N3O9P/c1-9(2)29-12(24)6-17(18,19)8-28-32(26)27-7-10-13(31-32)16(3,20)14(30-10)22-5-4-11(23)21-15(22)25/h4-5,9-10,13-14H,6-8,20H2,1-3H3,(H,21,23,25)/t10-,13-,14-,16-,32+/m1/s1. The molecule has 5 atom stereocenters. The molecule has 0 amide bonds. The summed E-state index contributed by atoms with van der Waals surface area (Å²) in [7, 11) is -4.51. The number of phosphoric ester groups is 1. The maximum absolute atomic E-state index is 14.1. The number of rotatable bonds is 7. The number of esters is 1. The first-order chi connectivity index (χ1) is 14.7. The Morgan fingerprint density at radius 2 is 2.16 bits per heavy atom. The summed E-state index contributed by atoms with van der Waals surface area (Å²) >= 11 is 0. The van der Waals surface area contributed by atoms with Crippen LogP contribution in [0.15, 0.2) is 21.9 Å². The van der Waals surface area contributed by atoms with Crippen LogP contribution in [0.2, 0.25) is 0 Å². The fraction of sp³-hybridized carbons (Fsp3) is 0.706. The summed E-state index contributed by atoms with van der Waals surface area (Å²) in [4.78, 5) is 37.0. The van der Waals surface area contributed by atoms with E-state index in [0.717, 1.165) is 10.6 Å². The molecule has 0 aliphatic carbocycles. The number of aromatic amines is 1. The second-order valence-electron chi connectivity index (χ2n) is 8.02. The number of ether oxygens (including phenoxy) is 2. The van der Waals surface area contributed by atoms with Crippen molar-refractivity contribution in [2.75, 3.05) is 13.2 Å². The fourth-order valence-electron chi connectivity index (χ4n) is 3.35. The van der Waals surface area contributed by atoms with Crippen LogP contribution in [-0.2, 0) is 32.4 Å².